The number of benzene rings is 1. The van der Waals surface area contributed by atoms with Crippen LogP contribution in [-0.2, 0) is 0 Å². The molecule has 0 spiro atoms. The van der Waals surface area contributed by atoms with Gasteiger partial charge in [-0.05, 0) is 34.1 Å². The molecule has 0 amide bonds. The fourth-order valence-corrected chi connectivity index (χ4v) is 1.50. The van der Waals surface area contributed by atoms with Gasteiger partial charge in [0.2, 0.25) is 0 Å². The van der Waals surface area contributed by atoms with Gasteiger partial charge in [-0.25, -0.2) is 9.07 Å². The molecule has 2 rings (SSSR count). The standard InChI is InChI=1S/C10H5BrFN3/c11-8-5-14-15(6-8)10-2-7(4-13)1-9(12)3-10/h1-3,5-6H. The summed E-state index contributed by atoms with van der Waals surface area (Å²) in [6.07, 6.45) is 3.28. The Hall–Kier alpha value is -1.67. The Labute approximate surface area is 93.9 Å². The van der Waals surface area contributed by atoms with Crippen molar-refractivity contribution >= 4 is 15.9 Å². The zero-order valence-corrected chi connectivity index (χ0v) is 9.07. The fraction of sp³-hybridized carbons (Fsp3) is 0. The molecule has 0 aliphatic carbocycles. The van der Waals surface area contributed by atoms with Crippen molar-refractivity contribution in [2.75, 3.05) is 0 Å². The van der Waals surface area contributed by atoms with E-state index >= 15 is 0 Å². The first-order chi connectivity index (χ1) is 7.19. The lowest BCUT2D eigenvalue weighted by molar-refractivity contribution is 0.625. The molecule has 0 fully saturated rings. The Morgan fingerprint density at radius 1 is 1.40 bits per heavy atom. The molecule has 0 bridgehead atoms. The van der Waals surface area contributed by atoms with Crippen LogP contribution in [0.3, 0.4) is 0 Å². The summed E-state index contributed by atoms with van der Waals surface area (Å²) in [6.45, 7) is 0. The SMILES string of the molecule is N#Cc1cc(F)cc(-n2cc(Br)cn2)c1. The largest absolute Gasteiger partial charge is 0.240 e. The van der Waals surface area contributed by atoms with E-state index in [1.807, 2.05) is 6.07 Å². The van der Waals surface area contributed by atoms with E-state index in [-0.39, 0.29) is 5.56 Å². The number of hydrogen-bond donors (Lipinski definition) is 0. The molecule has 1 aromatic carbocycles. The number of hydrogen-bond acceptors (Lipinski definition) is 2. The van der Waals surface area contributed by atoms with Gasteiger partial charge >= 0.3 is 0 Å². The van der Waals surface area contributed by atoms with E-state index < -0.39 is 5.82 Å². The molecule has 2 aromatic rings. The first kappa shape index (κ1) is 9.87. The van der Waals surface area contributed by atoms with Gasteiger partial charge in [0.15, 0.2) is 0 Å². The molecule has 1 aromatic heterocycles. The van der Waals surface area contributed by atoms with Gasteiger partial charge in [0.05, 0.1) is 28.0 Å². The lowest BCUT2D eigenvalue weighted by Crippen LogP contribution is -1.95. The van der Waals surface area contributed by atoms with Gasteiger partial charge in [-0.2, -0.15) is 10.4 Å². The molecular formula is C10H5BrFN3. The van der Waals surface area contributed by atoms with Crippen LogP contribution in [0.4, 0.5) is 4.39 Å². The van der Waals surface area contributed by atoms with Crippen molar-refractivity contribution in [3.05, 3.63) is 46.4 Å². The molecular weight excluding hydrogens is 261 g/mol. The number of halogens is 2. The second-order valence-electron chi connectivity index (χ2n) is 2.91. The molecule has 0 saturated heterocycles. The maximum Gasteiger partial charge on any atom is 0.126 e. The highest BCUT2D eigenvalue weighted by Crippen LogP contribution is 2.15. The molecule has 0 radical (unpaired) electrons. The van der Waals surface area contributed by atoms with E-state index in [9.17, 15) is 4.39 Å². The van der Waals surface area contributed by atoms with Crippen LogP contribution >= 0.6 is 15.9 Å². The summed E-state index contributed by atoms with van der Waals surface area (Å²) >= 11 is 3.24. The summed E-state index contributed by atoms with van der Waals surface area (Å²) in [6, 6.07) is 5.97. The minimum absolute atomic E-state index is 0.275. The molecule has 0 aliphatic heterocycles. The molecule has 15 heavy (non-hydrogen) atoms. The molecule has 0 unspecified atom stereocenters. The second-order valence-corrected chi connectivity index (χ2v) is 3.83. The van der Waals surface area contributed by atoms with Gasteiger partial charge in [-0.1, -0.05) is 0 Å². The van der Waals surface area contributed by atoms with Crippen LogP contribution in [-0.4, -0.2) is 9.78 Å². The zero-order valence-electron chi connectivity index (χ0n) is 7.48. The Morgan fingerprint density at radius 3 is 2.80 bits per heavy atom. The number of nitrogens with zero attached hydrogens (tertiary/aromatic N) is 3. The lowest BCUT2D eigenvalue weighted by Gasteiger charge is -2.01. The molecule has 74 valence electrons. The summed E-state index contributed by atoms with van der Waals surface area (Å²) in [4.78, 5) is 0. The smallest absolute Gasteiger partial charge is 0.126 e. The van der Waals surface area contributed by atoms with Crippen LogP contribution in [0.2, 0.25) is 0 Å². The molecule has 0 saturated carbocycles. The Kier molecular flexibility index (Phi) is 2.52. The maximum atomic E-state index is 13.1. The summed E-state index contributed by atoms with van der Waals surface area (Å²) in [5, 5.41) is 12.7. The van der Waals surface area contributed by atoms with Crippen LogP contribution in [0, 0.1) is 17.1 Å². The van der Waals surface area contributed by atoms with Gasteiger partial charge in [0.25, 0.3) is 0 Å². The van der Waals surface area contributed by atoms with Gasteiger partial charge in [-0.3, -0.25) is 0 Å². The van der Waals surface area contributed by atoms with Crippen molar-refractivity contribution in [1.29, 1.82) is 5.26 Å². The van der Waals surface area contributed by atoms with Crippen LogP contribution in [0.5, 0.6) is 0 Å². The highest BCUT2D eigenvalue weighted by Gasteiger charge is 2.03. The van der Waals surface area contributed by atoms with Crippen molar-refractivity contribution < 1.29 is 4.39 Å². The lowest BCUT2D eigenvalue weighted by atomic mass is 10.2. The predicted molar refractivity (Wildman–Crippen MR) is 55.9 cm³/mol. The van der Waals surface area contributed by atoms with Crippen LogP contribution < -0.4 is 0 Å². The predicted octanol–water partition coefficient (Wildman–Crippen LogP) is 2.65. The second kappa shape index (κ2) is 3.83. The molecule has 0 atom stereocenters. The third-order valence-corrected chi connectivity index (χ3v) is 2.24. The first-order valence-corrected chi connectivity index (χ1v) is 4.89. The van der Waals surface area contributed by atoms with Crippen molar-refractivity contribution in [2.24, 2.45) is 0 Å². The monoisotopic (exact) mass is 265 g/mol. The van der Waals surface area contributed by atoms with E-state index in [1.165, 1.54) is 16.8 Å². The first-order valence-electron chi connectivity index (χ1n) is 4.10. The average Bonchev–Trinajstić information content (AvgIpc) is 2.64. The summed E-state index contributed by atoms with van der Waals surface area (Å²) in [5.41, 5.74) is 0.800. The zero-order chi connectivity index (χ0) is 10.8. The highest BCUT2D eigenvalue weighted by atomic mass is 79.9. The highest BCUT2D eigenvalue weighted by molar-refractivity contribution is 9.10. The Morgan fingerprint density at radius 2 is 2.20 bits per heavy atom. The fourth-order valence-electron chi connectivity index (χ4n) is 1.21. The summed E-state index contributed by atoms with van der Waals surface area (Å²) in [7, 11) is 0. The molecule has 5 heteroatoms. The number of nitriles is 1. The Balaban J connectivity index is 2.54. The average molecular weight is 266 g/mol. The third kappa shape index (κ3) is 2.05. The number of aromatic nitrogens is 2. The van der Waals surface area contributed by atoms with E-state index in [0.717, 1.165) is 4.47 Å². The van der Waals surface area contributed by atoms with Gasteiger partial charge in [0.1, 0.15) is 5.82 Å². The number of rotatable bonds is 1. The van der Waals surface area contributed by atoms with E-state index in [0.29, 0.717) is 5.69 Å². The maximum absolute atomic E-state index is 13.1. The van der Waals surface area contributed by atoms with Gasteiger partial charge in [-0.15, -0.1) is 0 Å². The van der Waals surface area contributed by atoms with Crippen LogP contribution in [0.1, 0.15) is 5.56 Å². The van der Waals surface area contributed by atoms with Crippen molar-refractivity contribution in [3.63, 3.8) is 0 Å². The summed E-state index contributed by atoms with van der Waals surface area (Å²) < 4.78 is 15.4. The van der Waals surface area contributed by atoms with Crippen LogP contribution in [0.15, 0.2) is 35.1 Å². The molecule has 0 N–H and O–H groups in total. The van der Waals surface area contributed by atoms with Crippen molar-refractivity contribution in [2.45, 2.75) is 0 Å². The molecule has 0 aliphatic rings. The Bertz CT molecular complexity index is 542. The topological polar surface area (TPSA) is 41.6 Å². The van der Waals surface area contributed by atoms with Crippen LogP contribution in [0.25, 0.3) is 5.69 Å². The quantitative estimate of drug-likeness (QED) is 0.796. The van der Waals surface area contributed by atoms with Crippen molar-refractivity contribution in [1.82, 2.24) is 9.78 Å². The van der Waals surface area contributed by atoms with E-state index in [4.69, 9.17) is 5.26 Å². The van der Waals surface area contributed by atoms with Gasteiger partial charge < -0.3 is 0 Å². The van der Waals surface area contributed by atoms with Gasteiger partial charge in [0, 0.05) is 6.20 Å². The molecule has 1 heterocycles. The third-order valence-electron chi connectivity index (χ3n) is 1.83. The van der Waals surface area contributed by atoms with Crippen molar-refractivity contribution in [3.8, 4) is 11.8 Å². The normalized spacial score (nSPS) is 9.93. The molecule has 3 nitrogen and oxygen atoms in total. The van der Waals surface area contributed by atoms with E-state index in [2.05, 4.69) is 21.0 Å². The summed E-state index contributed by atoms with van der Waals surface area (Å²) in [5.74, 6) is -0.448. The van der Waals surface area contributed by atoms with E-state index in [1.54, 1.807) is 18.5 Å². The minimum Gasteiger partial charge on any atom is -0.240 e. The minimum atomic E-state index is -0.448.